The van der Waals surface area contributed by atoms with Crippen LogP contribution in [-0.4, -0.2) is 47.7 Å². The van der Waals surface area contributed by atoms with Crippen molar-refractivity contribution in [1.82, 2.24) is 10.2 Å². The van der Waals surface area contributed by atoms with Crippen LogP contribution >= 0.6 is 0 Å². The SMILES string of the molecule is CCC(NC1CN2CCC1CC2)C(=O)O. The van der Waals surface area contributed by atoms with Crippen LogP contribution in [0, 0.1) is 5.92 Å². The molecule has 0 aromatic heterocycles. The maximum Gasteiger partial charge on any atom is 0.320 e. The summed E-state index contributed by atoms with van der Waals surface area (Å²) >= 11 is 0. The average molecular weight is 212 g/mol. The molecule has 3 aliphatic heterocycles. The molecule has 3 fully saturated rings. The van der Waals surface area contributed by atoms with E-state index in [1.54, 1.807) is 0 Å². The van der Waals surface area contributed by atoms with E-state index in [-0.39, 0.29) is 6.04 Å². The molecular weight excluding hydrogens is 192 g/mol. The summed E-state index contributed by atoms with van der Waals surface area (Å²) in [6.07, 6.45) is 3.12. The number of carboxylic acid groups (broad SMARTS) is 1. The Morgan fingerprint density at radius 2 is 2.20 bits per heavy atom. The third kappa shape index (κ3) is 2.32. The molecule has 0 saturated carbocycles. The van der Waals surface area contributed by atoms with Crippen LogP contribution < -0.4 is 5.32 Å². The van der Waals surface area contributed by atoms with E-state index in [0.29, 0.717) is 18.4 Å². The fourth-order valence-corrected chi connectivity index (χ4v) is 2.78. The number of nitrogens with one attached hydrogen (secondary N) is 1. The predicted octanol–water partition coefficient (Wildman–Crippen LogP) is 0.533. The molecule has 0 spiro atoms. The molecule has 0 aliphatic carbocycles. The number of hydrogen-bond acceptors (Lipinski definition) is 3. The Labute approximate surface area is 90.6 Å². The molecule has 2 atom stereocenters. The van der Waals surface area contributed by atoms with Gasteiger partial charge in [0.1, 0.15) is 6.04 Å². The molecule has 0 amide bonds. The van der Waals surface area contributed by atoms with Crippen molar-refractivity contribution >= 4 is 5.97 Å². The number of rotatable bonds is 4. The average Bonchev–Trinajstić information content (AvgIpc) is 2.27. The van der Waals surface area contributed by atoms with Crippen LogP contribution in [0.1, 0.15) is 26.2 Å². The molecule has 4 nitrogen and oxygen atoms in total. The highest BCUT2D eigenvalue weighted by atomic mass is 16.4. The molecule has 4 heteroatoms. The number of carbonyl (C=O) groups is 1. The quantitative estimate of drug-likeness (QED) is 0.714. The molecule has 0 aromatic rings. The molecule has 3 heterocycles. The number of carboxylic acids is 1. The van der Waals surface area contributed by atoms with Crippen molar-refractivity contribution in [2.45, 2.75) is 38.3 Å². The number of aliphatic carboxylic acids is 1. The highest BCUT2D eigenvalue weighted by Gasteiger charge is 2.35. The number of nitrogens with zero attached hydrogens (tertiary/aromatic N) is 1. The van der Waals surface area contributed by atoms with E-state index >= 15 is 0 Å². The topological polar surface area (TPSA) is 52.6 Å². The monoisotopic (exact) mass is 212 g/mol. The molecule has 2 bridgehead atoms. The minimum atomic E-state index is -0.714. The van der Waals surface area contributed by atoms with Gasteiger partial charge in [0.2, 0.25) is 0 Å². The van der Waals surface area contributed by atoms with E-state index in [4.69, 9.17) is 5.11 Å². The number of fused-ring (bicyclic) bond motifs is 3. The third-order valence-electron chi connectivity index (χ3n) is 3.78. The molecule has 0 aromatic carbocycles. The molecule has 2 N–H and O–H groups in total. The van der Waals surface area contributed by atoms with Crippen LogP contribution in [0.5, 0.6) is 0 Å². The van der Waals surface area contributed by atoms with Gasteiger partial charge in [-0.2, -0.15) is 0 Å². The van der Waals surface area contributed by atoms with E-state index < -0.39 is 5.97 Å². The van der Waals surface area contributed by atoms with Gasteiger partial charge in [-0.15, -0.1) is 0 Å². The summed E-state index contributed by atoms with van der Waals surface area (Å²) in [6, 6.07) is 0.0316. The van der Waals surface area contributed by atoms with Crippen LogP contribution in [-0.2, 0) is 4.79 Å². The first-order valence-electron chi connectivity index (χ1n) is 5.92. The highest BCUT2D eigenvalue weighted by Crippen LogP contribution is 2.27. The fourth-order valence-electron chi connectivity index (χ4n) is 2.78. The molecule has 3 aliphatic rings. The van der Waals surface area contributed by atoms with E-state index in [1.165, 1.54) is 25.9 Å². The first-order valence-corrected chi connectivity index (χ1v) is 5.92. The van der Waals surface area contributed by atoms with Crippen molar-refractivity contribution in [3.63, 3.8) is 0 Å². The van der Waals surface area contributed by atoms with Crippen molar-refractivity contribution in [2.24, 2.45) is 5.92 Å². The van der Waals surface area contributed by atoms with E-state index in [0.717, 1.165) is 6.54 Å². The number of hydrogen-bond donors (Lipinski definition) is 2. The van der Waals surface area contributed by atoms with Gasteiger partial charge in [-0.3, -0.25) is 4.79 Å². The van der Waals surface area contributed by atoms with Crippen molar-refractivity contribution in [3.8, 4) is 0 Å². The van der Waals surface area contributed by atoms with Gasteiger partial charge < -0.3 is 15.3 Å². The van der Waals surface area contributed by atoms with Gasteiger partial charge in [0.25, 0.3) is 0 Å². The molecule has 86 valence electrons. The fraction of sp³-hybridized carbons (Fsp3) is 0.909. The summed E-state index contributed by atoms with van der Waals surface area (Å²) in [5.41, 5.74) is 0. The largest absolute Gasteiger partial charge is 0.480 e. The summed E-state index contributed by atoms with van der Waals surface area (Å²) in [5, 5.41) is 12.3. The summed E-state index contributed by atoms with van der Waals surface area (Å²) in [4.78, 5) is 13.4. The van der Waals surface area contributed by atoms with Gasteiger partial charge in [0.05, 0.1) is 0 Å². The second kappa shape index (κ2) is 4.49. The lowest BCUT2D eigenvalue weighted by Crippen LogP contribution is -2.59. The van der Waals surface area contributed by atoms with Gasteiger partial charge in [0, 0.05) is 12.6 Å². The normalized spacial score (nSPS) is 36.5. The van der Waals surface area contributed by atoms with Crippen LogP contribution in [0.4, 0.5) is 0 Å². The second-order valence-electron chi connectivity index (χ2n) is 4.71. The Morgan fingerprint density at radius 1 is 1.53 bits per heavy atom. The molecule has 0 radical (unpaired) electrons. The Bertz CT molecular complexity index is 237. The molecule has 2 unspecified atom stereocenters. The van der Waals surface area contributed by atoms with Gasteiger partial charge in [-0.1, -0.05) is 6.92 Å². The Morgan fingerprint density at radius 3 is 2.60 bits per heavy atom. The van der Waals surface area contributed by atoms with E-state index in [2.05, 4.69) is 10.2 Å². The smallest absolute Gasteiger partial charge is 0.320 e. The molecule has 15 heavy (non-hydrogen) atoms. The predicted molar refractivity (Wildman–Crippen MR) is 57.8 cm³/mol. The van der Waals surface area contributed by atoms with Crippen molar-refractivity contribution in [2.75, 3.05) is 19.6 Å². The third-order valence-corrected chi connectivity index (χ3v) is 3.78. The maximum atomic E-state index is 10.9. The van der Waals surface area contributed by atoms with Gasteiger partial charge in [0.15, 0.2) is 0 Å². The number of piperidine rings is 3. The van der Waals surface area contributed by atoms with Gasteiger partial charge >= 0.3 is 5.97 Å². The van der Waals surface area contributed by atoms with Gasteiger partial charge in [-0.05, 0) is 38.3 Å². The van der Waals surface area contributed by atoms with E-state index in [9.17, 15) is 4.79 Å². The highest BCUT2D eigenvalue weighted by molar-refractivity contribution is 5.73. The minimum Gasteiger partial charge on any atom is -0.480 e. The maximum absolute atomic E-state index is 10.9. The van der Waals surface area contributed by atoms with E-state index in [1.807, 2.05) is 6.92 Å². The summed E-state index contributed by atoms with van der Waals surface area (Å²) in [5.74, 6) is -0.0163. The summed E-state index contributed by atoms with van der Waals surface area (Å²) in [7, 11) is 0. The van der Waals surface area contributed by atoms with Crippen LogP contribution in [0.15, 0.2) is 0 Å². The molecule has 3 saturated heterocycles. The van der Waals surface area contributed by atoms with Crippen LogP contribution in [0.2, 0.25) is 0 Å². The lowest BCUT2D eigenvalue weighted by Gasteiger charge is -2.45. The van der Waals surface area contributed by atoms with Crippen molar-refractivity contribution < 1.29 is 9.90 Å². The summed E-state index contributed by atoms with van der Waals surface area (Å²) in [6.45, 7) is 5.36. The molecule has 3 rings (SSSR count). The first kappa shape index (κ1) is 10.9. The molecular formula is C11H20N2O2. The van der Waals surface area contributed by atoms with Gasteiger partial charge in [-0.25, -0.2) is 0 Å². The zero-order valence-corrected chi connectivity index (χ0v) is 9.28. The zero-order chi connectivity index (χ0) is 10.8. The minimum absolute atomic E-state index is 0.365. The van der Waals surface area contributed by atoms with Crippen LogP contribution in [0.3, 0.4) is 0 Å². The lowest BCUT2D eigenvalue weighted by atomic mass is 9.83. The Hall–Kier alpha value is -0.610. The second-order valence-corrected chi connectivity index (χ2v) is 4.71. The lowest BCUT2D eigenvalue weighted by molar-refractivity contribution is -0.140. The van der Waals surface area contributed by atoms with Crippen molar-refractivity contribution in [3.05, 3.63) is 0 Å². The first-order chi connectivity index (χ1) is 7.20. The Balaban J connectivity index is 1.91. The Kier molecular flexibility index (Phi) is 3.26. The standard InChI is InChI=1S/C11H20N2O2/c1-2-9(11(14)15)12-10-7-13-5-3-8(10)4-6-13/h8-10,12H,2-7H2,1H3,(H,14,15). The van der Waals surface area contributed by atoms with Crippen molar-refractivity contribution in [1.29, 1.82) is 0 Å². The summed E-state index contributed by atoms with van der Waals surface area (Å²) < 4.78 is 0. The van der Waals surface area contributed by atoms with Crippen LogP contribution in [0.25, 0.3) is 0 Å². The zero-order valence-electron chi connectivity index (χ0n) is 9.28.